The lowest BCUT2D eigenvalue weighted by atomic mass is 10.0. The van der Waals surface area contributed by atoms with E-state index in [4.69, 9.17) is 9.47 Å². The largest absolute Gasteiger partial charge is 0.486 e. The molecule has 1 fully saturated rings. The van der Waals surface area contributed by atoms with Gasteiger partial charge in [-0.3, -0.25) is 9.78 Å². The highest BCUT2D eigenvalue weighted by molar-refractivity contribution is 5.77. The maximum Gasteiger partial charge on any atom is 0.223 e. The molecule has 0 radical (unpaired) electrons. The Labute approximate surface area is 147 Å². The highest BCUT2D eigenvalue weighted by Gasteiger charge is 2.30. The molecule has 0 unspecified atom stereocenters. The van der Waals surface area contributed by atoms with Gasteiger partial charge >= 0.3 is 0 Å². The Kier molecular flexibility index (Phi) is 4.55. The van der Waals surface area contributed by atoms with Gasteiger partial charge < -0.3 is 14.4 Å². The Morgan fingerprint density at radius 3 is 2.88 bits per heavy atom. The van der Waals surface area contributed by atoms with Crippen LogP contribution in [0.3, 0.4) is 0 Å². The molecule has 1 saturated heterocycles. The van der Waals surface area contributed by atoms with Gasteiger partial charge in [-0.25, -0.2) is 0 Å². The van der Waals surface area contributed by atoms with Crippen LogP contribution in [0.2, 0.25) is 0 Å². The van der Waals surface area contributed by atoms with Crippen molar-refractivity contribution in [2.45, 2.75) is 31.7 Å². The summed E-state index contributed by atoms with van der Waals surface area (Å²) in [6.45, 7) is 1.99. The van der Waals surface area contributed by atoms with E-state index >= 15 is 0 Å². The van der Waals surface area contributed by atoms with Crippen molar-refractivity contribution in [3.63, 3.8) is 0 Å². The van der Waals surface area contributed by atoms with Crippen LogP contribution in [0.1, 0.15) is 36.6 Å². The van der Waals surface area contributed by atoms with Gasteiger partial charge in [-0.15, -0.1) is 0 Å². The molecular formula is C20H22N2O3. The van der Waals surface area contributed by atoms with Gasteiger partial charge in [0, 0.05) is 24.9 Å². The molecule has 0 saturated carbocycles. The Hall–Kier alpha value is -2.56. The number of pyridine rings is 1. The molecule has 1 atom stereocenters. The van der Waals surface area contributed by atoms with Crippen LogP contribution in [-0.4, -0.2) is 35.5 Å². The Bertz CT molecular complexity index is 748. The molecule has 0 bridgehead atoms. The molecule has 2 aromatic rings. The number of fused-ring (bicyclic) bond motifs is 1. The standard InChI is InChI=1S/C20H22N2O3/c23-20(9-7-16-4-1-2-10-21-16)22-11-3-5-17(22)15-6-8-18-19(14-15)25-13-12-24-18/h1-2,4,6,8,10,14,17H,3,5,7,9,11-13H2/t17-/m0/s1. The van der Waals surface area contributed by atoms with Crippen LogP contribution in [0.15, 0.2) is 42.6 Å². The fourth-order valence-electron chi connectivity index (χ4n) is 3.60. The van der Waals surface area contributed by atoms with E-state index in [1.54, 1.807) is 6.20 Å². The van der Waals surface area contributed by atoms with E-state index in [1.165, 1.54) is 0 Å². The van der Waals surface area contributed by atoms with Gasteiger partial charge in [0.25, 0.3) is 0 Å². The maximum atomic E-state index is 12.7. The van der Waals surface area contributed by atoms with Gasteiger partial charge in [0.15, 0.2) is 11.5 Å². The zero-order valence-corrected chi connectivity index (χ0v) is 14.2. The maximum absolute atomic E-state index is 12.7. The number of rotatable bonds is 4. The second kappa shape index (κ2) is 7.13. The summed E-state index contributed by atoms with van der Waals surface area (Å²) in [5, 5.41) is 0. The molecule has 1 aromatic heterocycles. The van der Waals surface area contributed by atoms with Gasteiger partial charge in [0.1, 0.15) is 13.2 Å². The van der Waals surface area contributed by atoms with Gasteiger partial charge in [-0.05, 0) is 49.1 Å². The van der Waals surface area contributed by atoms with Crippen molar-refractivity contribution in [3.05, 3.63) is 53.9 Å². The average Bonchev–Trinajstić information content (AvgIpc) is 3.16. The lowest BCUT2D eigenvalue weighted by Gasteiger charge is -2.27. The van der Waals surface area contributed by atoms with Crippen molar-refractivity contribution in [1.82, 2.24) is 9.88 Å². The van der Waals surface area contributed by atoms with Crippen LogP contribution in [-0.2, 0) is 11.2 Å². The van der Waals surface area contributed by atoms with E-state index in [1.807, 2.05) is 35.2 Å². The Balaban J connectivity index is 1.45. The van der Waals surface area contributed by atoms with Crippen LogP contribution in [0, 0.1) is 0 Å². The molecule has 130 valence electrons. The van der Waals surface area contributed by atoms with Crippen molar-refractivity contribution in [2.75, 3.05) is 19.8 Å². The first-order valence-electron chi connectivity index (χ1n) is 8.90. The minimum Gasteiger partial charge on any atom is -0.486 e. The van der Waals surface area contributed by atoms with Crippen LogP contribution in [0.25, 0.3) is 0 Å². The normalized spacial score (nSPS) is 19.0. The summed E-state index contributed by atoms with van der Waals surface area (Å²) in [6, 6.07) is 12.0. The summed E-state index contributed by atoms with van der Waals surface area (Å²) >= 11 is 0. The van der Waals surface area contributed by atoms with Gasteiger partial charge in [0.05, 0.1) is 6.04 Å². The molecule has 3 heterocycles. The van der Waals surface area contributed by atoms with Crippen molar-refractivity contribution in [2.24, 2.45) is 0 Å². The summed E-state index contributed by atoms with van der Waals surface area (Å²) in [4.78, 5) is 19.0. The minimum absolute atomic E-state index is 0.132. The molecule has 0 aliphatic carbocycles. The summed E-state index contributed by atoms with van der Waals surface area (Å²) in [5.41, 5.74) is 2.10. The van der Waals surface area contributed by atoms with Crippen LogP contribution >= 0.6 is 0 Å². The zero-order chi connectivity index (χ0) is 17.1. The van der Waals surface area contributed by atoms with E-state index in [2.05, 4.69) is 11.1 Å². The molecule has 1 amide bonds. The Morgan fingerprint density at radius 2 is 2.04 bits per heavy atom. The smallest absolute Gasteiger partial charge is 0.223 e. The van der Waals surface area contributed by atoms with Crippen molar-refractivity contribution >= 4 is 5.91 Å². The average molecular weight is 338 g/mol. The molecule has 25 heavy (non-hydrogen) atoms. The number of ether oxygens (including phenoxy) is 2. The summed E-state index contributed by atoms with van der Waals surface area (Å²) in [6.07, 6.45) is 4.99. The lowest BCUT2D eigenvalue weighted by Crippen LogP contribution is -2.30. The van der Waals surface area contributed by atoms with E-state index in [0.717, 1.165) is 42.1 Å². The number of nitrogens with zero attached hydrogens (tertiary/aromatic N) is 2. The minimum atomic E-state index is 0.132. The molecule has 1 aromatic carbocycles. The third-order valence-corrected chi connectivity index (χ3v) is 4.85. The quantitative estimate of drug-likeness (QED) is 0.859. The zero-order valence-electron chi connectivity index (χ0n) is 14.2. The van der Waals surface area contributed by atoms with Gasteiger partial charge in [-0.1, -0.05) is 12.1 Å². The fraction of sp³-hybridized carbons (Fsp3) is 0.400. The molecule has 2 aliphatic rings. The number of carbonyl (C=O) groups excluding carboxylic acids is 1. The number of benzene rings is 1. The fourth-order valence-corrected chi connectivity index (χ4v) is 3.60. The number of carbonyl (C=O) groups is 1. The number of likely N-dealkylation sites (tertiary alicyclic amines) is 1. The molecular weight excluding hydrogens is 316 g/mol. The van der Waals surface area contributed by atoms with Crippen molar-refractivity contribution < 1.29 is 14.3 Å². The predicted octanol–water partition coefficient (Wildman–Crippen LogP) is 3.15. The van der Waals surface area contributed by atoms with E-state index in [-0.39, 0.29) is 11.9 Å². The predicted molar refractivity (Wildman–Crippen MR) is 93.7 cm³/mol. The first-order chi connectivity index (χ1) is 12.3. The molecule has 0 N–H and O–H groups in total. The highest BCUT2D eigenvalue weighted by atomic mass is 16.6. The summed E-state index contributed by atoms with van der Waals surface area (Å²) < 4.78 is 11.3. The third-order valence-electron chi connectivity index (χ3n) is 4.85. The monoisotopic (exact) mass is 338 g/mol. The summed E-state index contributed by atoms with van der Waals surface area (Å²) in [5.74, 6) is 1.78. The second-order valence-corrected chi connectivity index (χ2v) is 6.47. The lowest BCUT2D eigenvalue weighted by molar-refractivity contribution is -0.132. The van der Waals surface area contributed by atoms with E-state index < -0.39 is 0 Å². The molecule has 2 aliphatic heterocycles. The third kappa shape index (κ3) is 3.45. The first kappa shape index (κ1) is 15.9. The topological polar surface area (TPSA) is 51.7 Å². The summed E-state index contributed by atoms with van der Waals surface area (Å²) in [7, 11) is 0. The number of amides is 1. The van der Waals surface area contributed by atoms with E-state index in [9.17, 15) is 4.79 Å². The van der Waals surface area contributed by atoms with Crippen LogP contribution < -0.4 is 9.47 Å². The van der Waals surface area contributed by atoms with Crippen LogP contribution in [0.5, 0.6) is 11.5 Å². The molecule has 4 rings (SSSR count). The number of hydrogen-bond acceptors (Lipinski definition) is 4. The highest BCUT2D eigenvalue weighted by Crippen LogP contribution is 2.38. The van der Waals surface area contributed by atoms with Gasteiger partial charge in [-0.2, -0.15) is 0 Å². The second-order valence-electron chi connectivity index (χ2n) is 6.47. The van der Waals surface area contributed by atoms with Crippen molar-refractivity contribution in [1.29, 1.82) is 0 Å². The SMILES string of the molecule is O=C(CCc1ccccn1)N1CCC[C@H]1c1ccc2c(c1)OCCO2. The number of aromatic nitrogens is 1. The molecule has 5 nitrogen and oxygen atoms in total. The first-order valence-corrected chi connectivity index (χ1v) is 8.90. The van der Waals surface area contributed by atoms with Crippen molar-refractivity contribution in [3.8, 4) is 11.5 Å². The Morgan fingerprint density at radius 1 is 1.16 bits per heavy atom. The molecule has 5 heteroatoms. The van der Waals surface area contributed by atoms with Gasteiger partial charge in [0.2, 0.25) is 5.91 Å². The number of hydrogen-bond donors (Lipinski definition) is 0. The molecule has 0 spiro atoms. The van der Waals surface area contributed by atoms with Crippen LogP contribution in [0.4, 0.5) is 0 Å². The number of aryl methyl sites for hydroxylation is 1. The van der Waals surface area contributed by atoms with E-state index in [0.29, 0.717) is 26.1 Å².